The molecule has 1 aromatic carbocycles. The van der Waals surface area contributed by atoms with Crippen LogP contribution in [-0.4, -0.2) is 31.8 Å². The Morgan fingerprint density at radius 1 is 1.25 bits per heavy atom. The monoisotopic (exact) mass is 344 g/mol. The Morgan fingerprint density at radius 3 is 2.83 bits per heavy atom. The minimum absolute atomic E-state index is 0.312. The average Bonchev–Trinajstić information content (AvgIpc) is 3.21. The van der Waals surface area contributed by atoms with Gasteiger partial charge < -0.3 is 14.2 Å². The molecule has 2 heterocycles. The maximum atomic E-state index is 12.3. The zero-order chi connectivity index (χ0) is 16.7. The Balaban J connectivity index is 1.61. The number of rotatable bonds is 3. The number of methoxy groups -OCH3 is 1. The van der Waals surface area contributed by atoms with Crippen molar-refractivity contribution in [3.8, 4) is 16.2 Å². The summed E-state index contributed by atoms with van der Waals surface area (Å²) in [4.78, 5) is 25.4. The second-order valence-electron chi connectivity index (χ2n) is 5.84. The lowest BCUT2D eigenvalue weighted by Crippen LogP contribution is -2.22. The summed E-state index contributed by atoms with van der Waals surface area (Å²) in [5.74, 6) is -0.0662. The molecule has 2 aromatic rings. The third-order valence-corrected chi connectivity index (χ3v) is 5.56. The first-order chi connectivity index (χ1) is 11.7. The van der Waals surface area contributed by atoms with Crippen molar-refractivity contribution in [3.05, 3.63) is 40.3 Å². The van der Waals surface area contributed by atoms with Gasteiger partial charge in [0.2, 0.25) is 6.10 Å². The fourth-order valence-corrected chi connectivity index (χ4v) is 4.26. The highest BCUT2D eigenvalue weighted by atomic mass is 32.1. The number of carbonyl (C=O) groups excluding carboxylic acids is 2. The van der Waals surface area contributed by atoms with Crippen molar-refractivity contribution in [3.63, 3.8) is 0 Å². The van der Waals surface area contributed by atoms with Crippen molar-refractivity contribution < 1.29 is 23.8 Å². The van der Waals surface area contributed by atoms with E-state index in [1.165, 1.54) is 16.9 Å². The van der Waals surface area contributed by atoms with Crippen molar-refractivity contribution in [2.75, 3.05) is 13.7 Å². The van der Waals surface area contributed by atoms with Crippen molar-refractivity contribution in [2.24, 2.45) is 0 Å². The zero-order valence-corrected chi connectivity index (χ0v) is 14.0. The van der Waals surface area contributed by atoms with E-state index >= 15 is 0 Å². The Hall–Kier alpha value is -2.34. The predicted molar refractivity (Wildman–Crippen MR) is 88.5 cm³/mol. The molecular formula is C18H16O5S. The molecule has 1 aliphatic carbocycles. The van der Waals surface area contributed by atoms with E-state index in [0.29, 0.717) is 17.9 Å². The van der Waals surface area contributed by atoms with Gasteiger partial charge in [-0.15, -0.1) is 11.3 Å². The second-order valence-corrected chi connectivity index (χ2v) is 6.89. The first-order valence-electron chi connectivity index (χ1n) is 7.83. The van der Waals surface area contributed by atoms with Gasteiger partial charge in [-0.2, -0.15) is 0 Å². The standard InChI is InChI=1S/C18H16O5S/c1-21-12-4-5-13-10(8-12)2-3-11-9-15(24-16(11)13)18(20)23-14-6-7-22-17(14)19/h4-5,8-9,14H,2-3,6-7H2,1H3/t14-/m1/s1. The van der Waals surface area contributed by atoms with Crippen LogP contribution in [0, 0.1) is 0 Å². The van der Waals surface area contributed by atoms with Crippen LogP contribution in [0.1, 0.15) is 27.2 Å². The van der Waals surface area contributed by atoms with Gasteiger partial charge in [0.25, 0.3) is 0 Å². The SMILES string of the molecule is COc1ccc2c(c1)CCc1cc(C(=O)O[C@@H]3CCOC3=O)sc1-2. The molecule has 24 heavy (non-hydrogen) atoms. The smallest absolute Gasteiger partial charge is 0.349 e. The molecule has 0 radical (unpaired) electrons. The van der Waals surface area contributed by atoms with Gasteiger partial charge in [0.05, 0.1) is 13.7 Å². The van der Waals surface area contributed by atoms with Gasteiger partial charge in [-0.3, -0.25) is 0 Å². The van der Waals surface area contributed by atoms with E-state index in [-0.39, 0.29) is 0 Å². The third-order valence-electron chi connectivity index (χ3n) is 4.37. The highest BCUT2D eigenvalue weighted by molar-refractivity contribution is 7.17. The number of fused-ring (bicyclic) bond motifs is 3. The molecule has 5 nitrogen and oxygen atoms in total. The fourth-order valence-electron chi connectivity index (χ4n) is 3.11. The van der Waals surface area contributed by atoms with E-state index < -0.39 is 18.0 Å². The zero-order valence-electron chi connectivity index (χ0n) is 13.2. The summed E-state index contributed by atoms with van der Waals surface area (Å²) in [5.41, 5.74) is 3.52. The summed E-state index contributed by atoms with van der Waals surface area (Å²) in [6.45, 7) is 0.312. The van der Waals surface area contributed by atoms with Crippen molar-refractivity contribution >= 4 is 23.3 Å². The van der Waals surface area contributed by atoms with Gasteiger partial charge in [-0.25, -0.2) is 9.59 Å². The van der Waals surface area contributed by atoms with Gasteiger partial charge >= 0.3 is 11.9 Å². The van der Waals surface area contributed by atoms with Crippen LogP contribution in [0.25, 0.3) is 10.4 Å². The number of aryl methyl sites for hydroxylation is 2. The van der Waals surface area contributed by atoms with Crippen LogP contribution in [0.3, 0.4) is 0 Å². The van der Waals surface area contributed by atoms with Gasteiger partial charge in [0, 0.05) is 11.3 Å². The summed E-state index contributed by atoms with van der Waals surface area (Å²) in [6, 6.07) is 7.90. The van der Waals surface area contributed by atoms with Gasteiger partial charge in [-0.05, 0) is 53.8 Å². The number of esters is 2. The quantitative estimate of drug-likeness (QED) is 0.801. The molecule has 124 valence electrons. The molecule has 2 aliphatic rings. The molecule has 1 saturated heterocycles. The maximum absolute atomic E-state index is 12.3. The van der Waals surface area contributed by atoms with Crippen LogP contribution >= 0.6 is 11.3 Å². The number of benzene rings is 1. The molecule has 1 aliphatic heterocycles. The van der Waals surface area contributed by atoms with E-state index in [1.807, 2.05) is 24.3 Å². The van der Waals surface area contributed by atoms with Crippen molar-refractivity contribution in [1.82, 2.24) is 0 Å². The summed E-state index contributed by atoms with van der Waals surface area (Å²) in [6.07, 6.45) is 1.45. The maximum Gasteiger partial charge on any atom is 0.349 e. The van der Waals surface area contributed by atoms with Crippen molar-refractivity contribution in [2.45, 2.75) is 25.4 Å². The molecule has 0 unspecified atom stereocenters. The van der Waals surface area contributed by atoms with E-state index in [1.54, 1.807) is 7.11 Å². The number of carbonyl (C=O) groups is 2. The van der Waals surface area contributed by atoms with Crippen LogP contribution in [0.15, 0.2) is 24.3 Å². The molecule has 0 bridgehead atoms. The van der Waals surface area contributed by atoms with E-state index in [4.69, 9.17) is 14.2 Å². The Morgan fingerprint density at radius 2 is 2.08 bits per heavy atom. The van der Waals surface area contributed by atoms with E-state index in [0.717, 1.165) is 34.6 Å². The Bertz CT molecular complexity index is 823. The van der Waals surface area contributed by atoms with Gasteiger partial charge in [0.1, 0.15) is 10.6 Å². The summed E-state index contributed by atoms with van der Waals surface area (Å²) in [7, 11) is 1.66. The molecule has 0 N–H and O–H groups in total. The number of ether oxygens (including phenoxy) is 3. The Labute approximate surface area is 143 Å². The third kappa shape index (κ3) is 2.57. The van der Waals surface area contributed by atoms with Crippen LogP contribution in [0.2, 0.25) is 0 Å². The fraction of sp³-hybridized carbons (Fsp3) is 0.333. The highest BCUT2D eigenvalue weighted by Crippen LogP contribution is 2.41. The van der Waals surface area contributed by atoms with Crippen molar-refractivity contribution in [1.29, 1.82) is 0 Å². The van der Waals surface area contributed by atoms with Crippen LogP contribution in [0.4, 0.5) is 0 Å². The normalized spacial score (nSPS) is 18.5. The molecule has 6 heteroatoms. The first-order valence-corrected chi connectivity index (χ1v) is 8.65. The lowest BCUT2D eigenvalue weighted by atomic mass is 9.91. The number of hydrogen-bond acceptors (Lipinski definition) is 6. The summed E-state index contributed by atoms with van der Waals surface area (Å²) >= 11 is 1.42. The number of cyclic esters (lactones) is 1. The van der Waals surface area contributed by atoms with Gasteiger partial charge in [-0.1, -0.05) is 0 Å². The van der Waals surface area contributed by atoms with Crippen LogP contribution in [-0.2, 0) is 27.1 Å². The van der Waals surface area contributed by atoms with E-state index in [2.05, 4.69) is 0 Å². The largest absolute Gasteiger partial charge is 0.497 e. The lowest BCUT2D eigenvalue weighted by molar-refractivity contribution is -0.145. The molecule has 0 amide bonds. The topological polar surface area (TPSA) is 61.8 Å². The minimum Gasteiger partial charge on any atom is -0.497 e. The second kappa shape index (κ2) is 5.94. The summed E-state index contributed by atoms with van der Waals surface area (Å²) in [5, 5.41) is 0. The van der Waals surface area contributed by atoms with Crippen LogP contribution in [0.5, 0.6) is 5.75 Å². The summed E-state index contributed by atoms with van der Waals surface area (Å²) < 4.78 is 15.4. The predicted octanol–water partition coefficient (Wildman–Crippen LogP) is 2.99. The molecule has 1 fully saturated rings. The number of hydrogen-bond donors (Lipinski definition) is 0. The highest BCUT2D eigenvalue weighted by Gasteiger charge is 2.31. The lowest BCUT2D eigenvalue weighted by Gasteiger charge is -2.16. The molecule has 1 atom stereocenters. The minimum atomic E-state index is -0.770. The molecular weight excluding hydrogens is 328 g/mol. The molecule has 0 saturated carbocycles. The average molecular weight is 344 g/mol. The van der Waals surface area contributed by atoms with E-state index in [9.17, 15) is 9.59 Å². The van der Waals surface area contributed by atoms with Gasteiger partial charge in [0.15, 0.2) is 0 Å². The molecule has 1 aromatic heterocycles. The first kappa shape index (κ1) is 15.2. The van der Waals surface area contributed by atoms with Crippen LogP contribution < -0.4 is 4.74 Å². The number of thiophene rings is 1. The molecule has 0 spiro atoms. The molecule has 4 rings (SSSR count). The Kier molecular flexibility index (Phi) is 3.76.